The summed E-state index contributed by atoms with van der Waals surface area (Å²) in [7, 11) is 8.70. The zero-order valence-corrected chi connectivity index (χ0v) is 11.5. The van der Waals surface area contributed by atoms with Gasteiger partial charge in [-0.2, -0.15) is 0 Å². The van der Waals surface area contributed by atoms with Crippen molar-refractivity contribution in [1.82, 2.24) is 0 Å². The normalized spacial score (nSPS) is 10.2. The van der Waals surface area contributed by atoms with Gasteiger partial charge in [0, 0.05) is 8.04 Å². The number of hydrogen-bond acceptors (Lipinski definition) is 0. The first kappa shape index (κ1) is 10.8. The molecule has 0 spiro atoms. The first-order chi connectivity index (χ1) is 5.46. The van der Waals surface area contributed by atoms with Crippen LogP contribution in [0.2, 0.25) is 0 Å². The second-order valence-corrected chi connectivity index (χ2v) is 5.00. The van der Waals surface area contributed by atoms with Crippen LogP contribution in [0, 0.1) is 3.57 Å². The topological polar surface area (TPSA) is 0 Å². The van der Waals surface area contributed by atoms with Crippen LogP contribution >= 0.6 is 38.5 Å². The molecule has 0 saturated carbocycles. The highest BCUT2D eigenvalue weighted by molar-refractivity contribution is 14.1. The maximum atomic E-state index is 3.61. The number of hydrogen-bond donors (Lipinski definition) is 0. The van der Waals surface area contributed by atoms with E-state index in [-0.39, 0.29) is 0 Å². The van der Waals surface area contributed by atoms with Crippen molar-refractivity contribution in [2.75, 3.05) is 0 Å². The largest absolute Gasteiger partial charge is 0.140 e. The highest BCUT2D eigenvalue weighted by atomic mass is 127. The van der Waals surface area contributed by atoms with Crippen molar-refractivity contribution in [3.63, 3.8) is 0 Å². The second kappa shape index (κ2) is 3.82. The first-order valence-electron chi connectivity index (χ1n) is 3.88. The molecule has 0 radical (unpaired) electrons. The zero-order chi connectivity index (χ0) is 9.46. The molecule has 0 N–H and O–H groups in total. The highest BCUT2D eigenvalue weighted by Gasteiger charge is 2.09. The molecule has 1 rings (SSSR count). The van der Waals surface area contributed by atoms with Crippen LogP contribution in [0.4, 0.5) is 0 Å². The Morgan fingerprint density at radius 2 is 1.25 bits per heavy atom. The fourth-order valence-corrected chi connectivity index (χ4v) is 2.62. The molecule has 0 amide bonds. The average molecular weight is 330 g/mol. The van der Waals surface area contributed by atoms with E-state index in [1.54, 1.807) is 0 Å². The maximum Gasteiger partial charge on any atom is 0.140 e. The van der Waals surface area contributed by atoms with Crippen molar-refractivity contribution >= 4 is 91.8 Å². The molecular formula is C6H8B4BrI. The van der Waals surface area contributed by atoms with Gasteiger partial charge in [0.15, 0.2) is 0 Å². The van der Waals surface area contributed by atoms with E-state index in [0.29, 0.717) is 0 Å². The molecule has 0 aliphatic carbocycles. The summed E-state index contributed by atoms with van der Waals surface area (Å²) < 4.78 is 2.59. The summed E-state index contributed by atoms with van der Waals surface area (Å²) in [5.41, 5.74) is 5.58. The van der Waals surface area contributed by atoms with E-state index in [9.17, 15) is 0 Å². The maximum absolute atomic E-state index is 3.61. The third-order valence-corrected chi connectivity index (χ3v) is 5.62. The standard InChI is InChI=1S/C6H8B4BrI/c7-1-2(8)4(10)6(12)5(11)3(1)9/h7-10H2. The molecule has 0 saturated heterocycles. The summed E-state index contributed by atoms with van der Waals surface area (Å²) in [6, 6.07) is 0. The van der Waals surface area contributed by atoms with Crippen LogP contribution in [-0.4, -0.2) is 31.4 Å². The molecule has 58 valence electrons. The summed E-state index contributed by atoms with van der Waals surface area (Å²) >= 11 is 6.00. The van der Waals surface area contributed by atoms with Crippen LogP contribution in [0.15, 0.2) is 4.47 Å². The second-order valence-electron chi connectivity index (χ2n) is 3.13. The van der Waals surface area contributed by atoms with E-state index in [4.69, 9.17) is 0 Å². The van der Waals surface area contributed by atoms with E-state index >= 15 is 0 Å². The van der Waals surface area contributed by atoms with Crippen LogP contribution in [-0.2, 0) is 0 Å². The van der Waals surface area contributed by atoms with Crippen LogP contribution in [0.5, 0.6) is 0 Å². The molecule has 6 heteroatoms. The van der Waals surface area contributed by atoms with Gasteiger partial charge in [0.25, 0.3) is 0 Å². The van der Waals surface area contributed by atoms with Gasteiger partial charge in [0.1, 0.15) is 31.4 Å². The molecule has 1 aromatic rings. The summed E-state index contributed by atoms with van der Waals surface area (Å²) in [6.07, 6.45) is 0. The van der Waals surface area contributed by atoms with Gasteiger partial charge < -0.3 is 0 Å². The summed E-state index contributed by atoms with van der Waals surface area (Å²) in [6.45, 7) is 0. The predicted molar refractivity (Wildman–Crippen MR) is 79.6 cm³/mol. The van der Waals surface area contributed by atoms with Gasteiger partial charge in [-0.1, -0.05) is 26.9 Å². The zero-order valence-electron chi connectivity index (χ0n) is 7.76. The van der Waals surface area contributed by atoms with Gasteiger partial charge in [-0.05, 0) is 22.6 Å². The lowest BCUT2D eigenvalue weighted by atomic mass is 9.67. The number of benzene rings is 1. The van der Waals surface area contributed by atoms with Crippen molar-refractivity contribution in [1.29, 1.82) is 0 Å². The van der Waals surface area contributed by atoms with Crippen molar-refractivity contribution in [2.45, 2.75) is 0 Å². The molecule has 0 aliphatic heterocycles. The number of halogens is 2. The lowest BCUT2D eigenvalue weighted by molar-refractivity contribution is 1.76. The van der Waals surface area contributed by atoms with E-state index in [2.05, 4.69) is 69.9 Å². The monoisotopic (exact) mass is 330 g/mol. The van der Waals surface area contributed by atoms with E-state index < -0.39 is 0 Å². The third kappa shape index (κ3) is 1.65. The summed E-state index contributed by atoms with van der Waals surface area (Å²) in [5, 5.41) is 0. The SMILES string of the molecule is Bc1c(B)c(B)c(I)c(Br)c1B. The molecule has 0 nitrogen and oxygen atoms in total. The molecule has 0 bridgehead atoms. The molecule has 0 fully saturated rings. The molecule has 0 aromatic heterocycles. The molecule has 0 aliphatic rings. The molecular weight excluding hydrogens is 322 g/mol. The minimum Gasteiger partial charge on any atom is -0.101 e. The quantitative estimate of drug-likeness (QED) is 0.337. The van der Waals surface area contributed by atoms with Gasteiger partial charge in [-0.15, -0.1) is 10.9 Å². The van der Waals surface area contributed by atoms with Gasteiger partial charge in [0.05, 0.1) is 0 Å². The Balaban J connectivity index is 3.60. The van der Waals surface area contributed by atoms with Crippen LogP contribution in [0.3, 0.4) is 0 Å². The Hall–Kier alpha value is 0.690. The lowest BCUT2D eigenvalue weighted by Gasteiger charge is -2.14. The van der Waals surface area contributed by atoms with Crippen molar-refractivity contribution < 1.29 is 0 Å². The Labute approximate surface area is 99.2 Å². The molecule has 12 heavy (non-hydrogen) atoms. The van der Waals surface area contributed by atoms with Crippen LogP contribution in [0.25, 0.3) is 0 Å². The van der Waals surface area contributed by atoms with Crippen molar-refractivity contribution in [3.05, 3.63) is 8.04 Å². The Morgan fingerprint density at radius 1 is 0.833 bits per heavy atom. The van der Waals surface area contributed by atoms with Crippen LogP contribution < -0.4 is 21.9 Å². The van der Waals surface area contributed by atoms with Crippen LogP contribution in [0.1, 0.15) is 0 Å². The predicted octanol–water partition coefficient (Wildman–Crippen LogP) is -3.91. The van der Waals surface area contributed by atoms with Gasteiger partial charge in [-0.25, -0.2) is 0 Å². The van der Waals surface area contributed by atoms with Gasteiger partial charge >= 0.3 is 0 Å². The lowest BCUT2D eigenvalue weighted by Crippen LogP contribution is -2.49. The third-order valence-electron chi connectivity index (χ3n) is 2.54. The summed E-state index contributed by atoms with van der Waals surface area (Å²) in [4.78, 5) is 0. The van der Waals surface area contributed by atoms with Gasteiger partial charge in [-0.3, -0.25) is 0 Å². The van der Waals surface area contributed by atoms with Crippen molar-refractivity contribution in [2.24, 2.45) is 0 Å². The molecule has 0 atom stereocenters. The average Bonchev–Trinajstić information content (AvgIpc) is 2.08. The smallest absolute Gasteiger partial charge is 0.101 e. The molecule has 1 aromatic carbocycles. The Kier molecular flexibility index (Phi) is 3.43. The summed E-state index contributed by atoms with van der Waals surface area (Å²) in [5.74, 6) is 0. The Morgan fingerprint density at radius 3 is 1.75 bits per heavy atom. The minimum absolute atomic E-state index is 1.25. The number of rotatable bonds is 0. The first-order valence-corrected chi connectivity index (χ1v) is 5.75. The Bertz CT molecular complexity index is 234. The van der Waals surface area contributed by atoms with Gasteiger partial charge in [0.2, 0.25) is 0 Å². The van der Waals surface area contributed by atoms with E-state index in [1.165, 1.54) is 29.9 Å². The fourth-order valence-electron chi connectivity index (χ4n) is 1.22. The van der Waals surface area contributed by atoms with E-state index in [1.807, 2.05) is 0 Å². The molecule has 0 unspecified atom stereocenters. The van der Waals surface area contributed by atoms with E-state index in [0.717, 1.165) is 0 Å². The van der Waals surface area contributed by atoms with Crippen molar-refractivity contribution in [3.8, 4) is 0 Å². The fraction of sp³-hybridized carbons (Fsp3) is 0. The highest BCUT2D eigenvalue weighted by Crippen LogP contribution is 2.11. The minimum atomic E-state index is 1.25. The molecule has 0 heterocycles.